The van der Waals surface area contributed by atoms with E-state index in [2.05, 4.69) is 71.5 Å². The molecule has 2 aliphatic carbocycles. The molecular formula is C57H54ClF6N5O5S. The Kier molecular flexibility index (Phi) is 17.4. The minimum atomic E-state index is -4.98. The van der Waals surface area contributed by atoms with E-state index >= 15 is 0 Å². The number of alkyl halides is 6. The number of carbonyl (C=O) groups is 2. The Labute approximate surface area is 437 Å². The lowest BCUT2D eigenvalue weighted by Gasteiger charge is -2.27. The highest BCUT2D eigenvalue weighted by molar-refractivity contribution is 7.86. The van der Waals surface area contributed by atoms with Gasteiger partial charge in [-0.15, -0.1) is 0 Å². The summed E-state index contributed by atoms with van der Waals surface area (Å²) in [6.45, 7) is 8.61. The van der Waals surface area contributed by atoms with Gasteiger partial charge in [0.25, 0.3) is 0 Å². The molecule has 2 aliphatic rings. The van der Waals surface area contributed by atoms with Gasteiger partial charge < -0.3 is 25.4 Å². The van der Waals surface area contributed by atoms with Crippen LogP contribution < -0.4 is 25.8 Å². The number of rotatable bonds is 16. The first-order chi connectivity index (χ1) is 35.6. The molecule has 10 nitrogen and oxygen atoms in total. The summed E-state index contributed by atoms with van der Waals surface area (Å²) in [6.07, 6.45) is -7.14. The Morgan fingerprint density at radius 3 is 1.73 bits per heavy atom. The predicted molar refractivity (Wildman–Crippen MR) is 283 cm³/mol. The molecule has 0 heterocycles. The number of nitrogens with one attached hydrogen (secondary N) is 2. The van der Waals surface area contributed by atoms with Crippen molar-refractivity contribution in [1.29, 1.82) is 0 Å². The topological polar surface area (TPSA) is 150 Å². The minimum Gasteiger partial charge on any atom is -0.744 e. The maximum Gasteiger partial charge on any atom is 0.389 e. The van der Waals surface area contributed by atoms with Crippen LogP contribution in [-0.4, -0.2) is 75.3 Å². The molecule has 6 aromatic rings. The van der Waals surface area contributed by atoms with Crippen LogP contribution in [-0.2, 0) is 10.1 Å². The highest BCUT2D eigenvalue weighted by atomic mass is 35.5. The molecule has 4 N–H and O–H groups in total. The molecule has 18 heteroatoms. The van der Waals surface area contributed by atoms with E-state index in [1.807, 2.05) is 31.2 Å². The summed E-state index contributed by atoms with van der Waals surface area (Å²) < 4.78 is 113. The van der Waals surface area contributed by atoms with E-state index in [1.54, 1.807) is 59.5 Å². The summed E-state index contributed by atoms with van der Waals surface area (Å²) in [5.74, 6) is -1.09. The zero-order valence-corrected chi connectivity index (χ0v) is 42.8. The first-order valence-corrected chi connectivity index (χ1v) is 26.0. The third-order valence-corrected chi connectivity index (χ3v) is 13.9. The van der Waals surface area contributed by atoms with Gasteiger partial charge in [0.1, 0.15) is 16.7 Å². The quantitative estimate of drug-likeness (QED) is 0.0488. The van der Waals surface area contributed by atoms with Crippen molar-refractivity contribution in [3.05, 3.63) is 189 Å². The molecule has 0 unspecified atom stereocenters. The molecule has 0 bridgehead atoms. The Bertz CT molecular complexity index is 3260. The van der Waals surface area contributed by atoms with Crippen LogP contribution in [0.5, 0.6) is 0 Å². The number of hydrogen-bond donors (Lipinski definition) is 3. The van der Waals surface area contributed by atoms with Crippen LogP contribution in [0, 0.1) is 0 Å². The van der Waals surface area contributed by atoms with E-state index in [0.717, 1.165) is 64.9 Å². The molecule has 0 fully saturated rings. The molecule has 0 saturated carbocycles. The van der Waals surface area contributed by atoms with Crippen molar-refractivity contribution in [1.82, 2.24) is 0 Å². The van der Waals surface area contributed by atoms with Crippen molar-refractivity contribution in [3.8, 4) is 0 Å². The monoisotopic (exact) mass is 1070 g/mol. The normalized spacial score (nSPS) is 14.4. The third-order valence-electron chi connectivity index (χ3n) is 12.7. The van der Waals surface area contributed by atoms with Crippen LogP contribution in [0.15, 0.2) is 144 Å². The second-order valence-electron chi connectivity index (χ2n) is 17.7. The molecule has 392 valence electrons. The van der Waals surface area contributed by atoms with Gasteiger partial charge >= 0.3 is 12.4 Å². The van der Waals surface area contributed by atoms with Gasteiger partial charge in [-0.25, -0.2) is 13.4 Å². The SMILES string of the molecule is CC[NH+]=C1C=CC(=C(c2ccc(N(CC)CC)cc2)c2ccc(N(CCCC(F)(F)F)CCCC(F)(F)F)cc2Cl)c2ccccc21.Nc1c(S(=O)(=O)[O-])cc(Nc2ccccc2)c2c1C(=O)c1ccccc1C2=O. The van der Waals surface area contributed by atoms with Crippen LogP contribution in [0.1, 0.15) is 101 Å². The van der Waals surface area contributed by atoms with Gasteiger partial charge in [-0.3, -0.25) is 9.59 Å². The molecule has 75 heavy (non-hydrogen) atoms. The first kappa shape index (κ1) is 55.5. The van der Waals surface area contributed by atoms with Crippen molar-refractivity contribution in [2.45, 2.75) is 63.7 Å². The lowest BCUT2D eigenvalue weighted by Crippen LogP contribution is -2.72. The number of hydrogen-bond acceptors (Lipinski definition) is 9. The van der Waals surface area contributed by atoms with E-state index in [0.29, 0.717) is 22.0 Å². The Hall–Kier alpha value is -7.21. The van der Waals surface area contributed by atoms with Gasteiger partial charge in [0.05, 0.1) is 38.0 Å². The lowest BCUT2D eigenvalue weighted by atomic mass is 9.82. The number of nitrogens with two attached hydrogens (primary N) is 1. The second-order valence-corrected chi connectivity index (χ2v) is 19.4. The number of para-hydroxylation sites is 1. The Morgan fingerprint density at radius 2 is 1.20 bits per heavy atom. The largest absolute Gasteiger partial charge is 0.744 e. The van der Waals surface area contributed by atoms with Crippen LogP contribution in [0.25, 0.3) is 11.1 Å². The smallest absolute Gasteiger partial charge is 0.389 e. The van der Waals surface area contributed by atoms with Gasteiger partial charge in [-0.2, -0.15) is 26.3 Å². The summed E-state index contributed by atoms with van der Waals surface area (Å²) in [7, 11) is -4.98. The maximum atomic E-state index is 13.1. The van der Waals surface area contributed by atoms with Gasteiger partial charge in [-0.1, -0.05) is 90.5 Å². The maximum absolute atomic E-state index is 13.1. The summed E-state index contributed by atoms with van der Waals surface area (Å²) in [5, 5.41) is 3.27. The first-order valence-electron chi connectivity index (χ1n) is 24.2. The van der Waals surface area contributed by atoms with Gasteiger partial charge in [0, 0.05) is 78.8 Å². The van der Waals surface area contributed by atoms with Crippen LogP contribution in [0.3, 0.4) is 0 Å². The Balaban J connectivity index is 0.000000248. The van der Waals surface area contributed by atoms with Crippen LogP contribution in [0.4, 0.5) is 54.8 Å². The second kappa shape index (κ2) is 23.6. The molecule has 0 saturated heterocycles. The Morgan fingerprint density at radius 1 is 0.667 bits per heavy atom. The number of nitrogen functional groups attached to an aromatic ring is 1. The fourth-order valence-corrected chi connectivity index (χ4v) is 10.1. The number of halogens is 7. The van der Waals surface area contributed by atoms with Gasteiger partial charge in [-0.05, 0) is 110 Å². The number of fused-ring (bicyclic) bond motifs is 3. The van der Waals surface area contributed by atoms with Crippen LogP contribution in [0.2, 0.25) is 5.02 Å². The summed E-state index contributed by atoms with van der Waals surface area (Å²) in [5.41, 5.74) is 13.9. The highest BCUT2D eigenvalue weighted by Crippen LogP contribution is 2.42. The van der Waals surface area contributed by atoms with E-state index < -0.39 is 57.5 Å². The zero-order valence-electron chi connectivity index (χ0n) is 41.2. The van der Waals surface area contributed by atoms with E-state index in [9.17, 15) is 48.9 Å². The molecule has 6 aromatic carbocycles. The highest BCUT2D eigenvalue weighted by Gasteiger charge is 2.36. The van der Waals surface area contributed by atoms with Gasteiger partial charge in [0.2, 0.25) is 5.71 Å². The number of ketones is 2. The van der Waals surface area contributed by atoms with Crippen LogP contribution >= 0.6 is 11.6 Å². The molecule has 0 amide bonds. The van der Waals surface area contributed by atoms with Crippen molar-refractivity contribution >= 4 is 78.6 Å². The molecular weight excluding hydrogens is 1020 g/mol. The average Bonchev–Trinajstić information content (AvgIpc) is 3.37. The molecule has 0 radical (unpaired) electrons. The molecule has 8 rings (SSSR count). The number of anilines is 5. The summed E-state index contributed by atoms with van der Waals surface area (Å²) in [6, 6.07) is 37.4. The number of nitrogens with zero attached hydrogens (tertiary/aromatic N) is 2. The van der Waals surface area contributed by atoms with Gasteiger partial charge in [0.15, 0.2) is 11.6 Å². The van der Waals surface area contributed by atoms with Crippen molar-refractivity contribution in [2.75, 3.05) is 53.6 Å². The average molecular weight is 1070 g/mol. The predicted octanol–water partition coefficient (Wildman–Crippen LogP) is 11.8. The molecule has 0 aliphatic heterocycles. The van der Waals surface area contributed by atoms with Crippen molar-refractivity contribution in [3.63, 3.8) is 0 Å². The minimum absolute atomic E-state index is 0.0256. The zero-order chi connectivity index (χ0) is 54.2. The number of benzene rings is 6. The summed E-state index contributed by atoms with van der Waals surface area (Å²) in [4.78, 5) is 32.6. The standard InChI is InChI=1S/C37H40ClF6N3.C20H14N2O5S/c1-4-45-34-20-19-31(29-11-7-8-12-30(29)34)35(26-13-15-27(16-14-26)46(5-2)6-3)32-18-17-28(25-33(32)38)47(23-9-21-36(39,40)41)24-10-22-37(42,43)44;21-18-15(28(25,26)27)10-14(22-11-6-2-1-3-7-11)16-17(18)20(24)13-9-5-4-8-12(13)19(16)23/h7-8,11-20,25H,4-6,9-10,21-24H2,1-3H3;1-10,22H,21H2,(H,25,26,27). The number of allylic oxidation sites excluding steroid dienone is 3. The third kappa shape index (κ3) is 13.2. The van der Waals surface area contributed by atoms with Crippen molar-refractivity contribution < 1.29 is 53.9 Å². The molecule has 0 aromatic heterocycles. The summed E-state index contributed by atoms with van der Waals surface area (Å²) >= 11 is 7.01. The van der Waals surface area contributed by atoms with Crippen molar-refractivity contribution in [2.24, 2.45) is 0 Å². The fourth-order valence-electron chi connectivity index (χ4n) is 9.24. The fraction of sp³-hybridized carbons (Fsp3) is 0.246. The molecule has 0 atom stereocenters. The molecule has 0 spiro atoms. The lowest BCUT2D eigenvalue weighted by molar-refractivity contribution is -0.450. The van der Waals surface area contributed by atoms with E-state index in [4.69, 9.17) is 17.3 Å². The van der Waals surface area contributed by atoms with E-state index in [1.165, 1.54) is 12.1 Å². The van der Waals surface area contributed by atoms with E-state index in [-0.39, 0.29) is 53.9 Å². The number of carbonyl (C=O) groups excluding carboxylic acids is 2.